The van der Waals surface area contributed by atoms with Crippen LogP contribution >= 0.6 is 0 Å². The monoisotopic (exact) mass is 360 g/mol. The molecule has 0 radical (unpaired) electrons. The van der Waals surface area contributed by atoms with Crippen molar-refractivity contribution in [1.82, 2.24) is 0 Å². The van der Waals surface area contributed by atoms with Gasteiger partial charge in [0.05, 0.1) is 0 Å². The summed E-state index contributed by atoms with van der Waals surface area (Å²) in [5.74, 6) is -0.421. The largest absolute Gasteiger partial charge is 0.451 e. The van der Waals surface area contributed by atoms with E-state index in [2.05, 4.69) is 32.9 Å². The van der Waals surface area contributed by atoms with Gasteiger partial charge in [0, 0.05) is 5.57 Å². The molecule has 2 heteroatoms. The molecule has 2 aromatic carbocycles. The van der Waals surface area contributed by atoms with Crippen LogP contribution in [0.3, 0.4) is 0 Å². The summed E-state index contributed by atoms with van der Waals surface area (Å²) in [6.07, 6.45) is 6.24. The van der Waals surface area contributed by atoms with Gasteiger partial charge in [-0.25, -0.2) is 4.79 Å². The van der Waals surface area contributed by atoms with Crippen molar-refractivity contribution < 1.29 is 9.53 Å². The number of hydrogen-bond donors (Lipinski definition) is 0. The highest BCUT2D eigenvalue weighted by molar-refractivity contribution is 5.87. The van der Waals surface area contributed by atoms with Crippen LogP contribution in [0.1, 0.15) is 18.1 Å². The van der Waals surface area contributed by atoms with Crippen LogP contribution in [0.4, 0.5) is 0 Å². The second-order valence-corrected chi connectivity index (χ2v) is 5.35. The van der Waals surface area contributed by atoms with Crippen molar-refractivity contribution in [3.05, 3.63) is 122 Å². The van der Waals surface area contributed by atoms with Gasteiger partial charge in [0.25, 0.3) is 0 Å². The number of benzene rings is 2. The molecule has 0 unspecified atom stereocenters. The van der Waals surface area contributed by atoms with Gasteiger partial charge in [-0.1, -0.05) is 106 Å². The van der Waals surface area contributed by atoms with E-state index in [0.29, 0.717) is 5.57 Å². The fourth-order valence-electron chi connectivity index (χ4n) is 1.59. The van der Waals surface area contributed by atoms with Crippen LogP contribution < -0.4 is 0 Å². The zero-order chi connectivity index (χ0) is 20.5. The second kappa shape index (κ2) is 14.9. The molecule has 0 atom stereocenters. The van der Waals surface area contributed by atoms with Gasteiger partial charge in [0.2, 0.25) is 0 Å². The Balaban J connectivity index is 0.000000381. The van der Waals surface area contributed by atoms with E-state index in [1.54, 1.807) is 6.92 Å². The first kappa shape index (κ1) is 23.6. The molecule has 0 N–H and O–H groups in total. The van der Waals surface area contributed by atoms with Crippen LogP contribution in [-0.2, 0) is 9.53 Å². The quantitative estimate of drug-likeness (QED) is 0.334. The van der Waals surface area contributed by atoms with Crippen molar-refractivity contribution in [1.29, 1.82) is 0 Å². The predicted molar refractivity (Wildman–Crippen MR) is 118 cm³/mol. The van der Waals surface area contributed by atoms with Gasteiger partial charge in [-0.3, -0.25) is 0 Å². The van der Waals surface area contributed by atoms with Crippen molar-refractivity contribution in [3.63, 3.8) is 0 Å². The Kier molecular flexibility index (Phi) is 13.0. The highest BCUT2D eigenvalue weighted by Gasteiger charge is 2.06. The average Bonchev–Trinajstić information content (AvgIpc) is 2.73. The van der Waals surface area contributed by atoms with Crippen molar-refractivity contribution in [2.45, 2.75) is 13.0 Å². The van der Waals surface area contributed by atoms with Crippen molar-refractivity contribution in [2.24, 2.45) is 0 Å². The number of ether oxygens (including phenoxy) is 1. The van der Waals surface area contributed by atoms with E-state index in [-0.39, 0.29) is 0 Å². The first-order valence-corrected chi connectivity index (χ1v) is 8.45. The van der Waals surface area contributed by atoms with Gasteiger partial charge in [-0.05, 0) is 30.2 Å². The summed E-state index contributed by atoms with van der Waals surface area (Å²) >= 11 is 0. The molecule has 0 aromatic heterocycles. The third-order valence-corrected chi connectivity index (χ3v) is 3.13. The summed E-state index contributed by atoms with van der Waals surface area (Å²) in [5.41, 5.74) is 2.72. The number of carbonyl (C=O) groups is 1. The molecule has 140 valence electrons. The van der Waals surface area contributed by atoms with Gasteiger partial charge in [0.15, 0.2) is 0 Å². The lowest BCUT2D eigenvalue weighted by molar-refractivity contribution is -0.140. The fraction of sp³-hybridized carbons (Fsp3) is 0.0800. The Labute approximate surface area is 163 Å². The number of carbonyl (C=O) groups excluding carboxylic acids is 1. The molecular weight excluding hydrogens is 332 g/mol. The lowest BCUT2D eigenvalue weighted by Crippen LogP contribution is -2.13. The Morgan fingerprint density at radius 1 is 0.815 bits per heavy atom. The topological polar surface area (TPSA) is 26.3 Å². The molecule has 2 aromatic rings. The summed E-state index contributed by atoms with van der Waals surface area (Å²) in [6, 6.07) is 20.1. The Morgan fingerprint density at radius 3 is 1.41 bits per heavy atom. The minimum atomic E-state index is -0.421. The highest BCUT2D eigenvalue weighted by atomic mass is 16.5. The molecule has 2 rings (SSSR count). The number of hydrogen-bond acceptors (Lipinski definition) is 2. The summed E-state index contributed by atoms with van der Waals surface area (Å²) in [4.78, 5) is 10.9. The minimum absolute atomic E-state index is 0.374. The SMILES string of the molecule is C=CC(C=C)OC(=O)C(=C)C.C=Cc1ccccc1.C=Cc1ccccc1. The summed E-state index contributed by atoms with van der Waals surface area (Å²) in [5, 5.41) is 0. The fourth-order valence-corrected chi connectivity index (χ4v) is 1.59. The van der Waals surface area contributed by atoms with E-state index < -0.39 is 12.1 Å². The molecule has 0 fully saturated rings. The van der Waals surface area contributed by atoms with E-state index in [9.17, 15) is 4.79 Å². The van der Waals surface area contributed by atoms with Crippen LogP contribution in [0.25, 0.3) is 12.2 Å². The molecule has 2 nitrogen and oxygen atoms in total. The second-order valence-electron chi connectivity index (χ2n) is 5.35. The van der Waals surface area contributed by atoms with E-state index in [1.165, 1.54) is 23.3 Å². The molecule has 0 spiro atoms. The lowest BCUT2D eigenvalue weighted by Gasteiger charge is -2.08. The Morgan fingerprint density at radius 2 is 1.19 bits per heavy atom. The maximum Gasteiger partial charge on any atom is 0.334 e. The van der Waals surface area contributed by atoms with Gasteiger partial charge < -0.3 is 4.74 Å². The van der Waals surface area contributed by atoms with Gasteiger partial charge in [-0.15, -0.1) is 0 Å². The zero-order valence-corrected chi connectivity index (χ0v) is 16.0. The third kappa shape index (κ3) is 11.7. The van der Waals surface area contributed by atoms with E-state index in [4.69, 9.17) is 4.74 Å². The van der Waals surface area contributed by atoms with E-state index in [0.717, 1.165) is 0 Å². The molecule has 0 saturated carbocycles. The van der Waals surface area contributed by atoms with Gasteiger partial charge in [0.1, 0.15) is 6.10 Å². The van der Waals surface area contributed by atoms with Crippen LogP contribution in [0.2, 0.25) is 0 Å². The first-order valence-electron chi connectivity index (χ1n) is 8.45. The lowest BCUT2D eigenvalue weighted by atomic mass is 10.2. The molecule has 0 bridgehead atoms. The molecule has 0 aliphatic heterocycles. The highest BCUT2D eigenvalue weighted by Crippen LogP contribution is 2.00. The van der Waals surface area contributed by atoms with E-state index >= 15 is 0 Å². The smallest absolute Gasteiger partial charge is 0.334 e. The van der Waals surface area contributed by atoms with Crippen LogP contribution in [0.15, 0.2) is 111 Å². The maximum absolute atomic E-state index is 10.9. The summed E-state index contributed by atoms with van der Waals surface area (Å²) in [6.45, 7) is 19.2. The van der Waals surface area contributed by atoms with Crippen LogP contribution in [0.5, 0.6) is 0 Å². The van der Waals surface area contributed by atoms with Gasteiger partial charge >= 0.3 is 5.97 Å². The van der Waals surface area contributed by atoms with Crippen LogP contribution in [-0.4, -0.2) is 12.1 Å². The van der Waals surface area contributed by atoms with E-state index in [1.807, 2.05) is 72.8 Å². The molecule has 0 amide bonds. The summed E-state index contributed by atoms with van der Waals surface area (Å²) < 4.78 is 4.84. The van der Waals surface area contributed by atoms with Crippen molar-refractivity contribution in [2.75, 3.05) is 0 Å². The molecular formula is C25H28O2. The molecule has 0 aliphatic rings. The number of esters is 1. The summed E-state index contributed by atoms with van der Waals surface area (Å²) in [7, 11) is 0. The third-order valence-electron chi connectivity index (χ3n) is 3.13. The Bertz CT molecular complexity index is 676. The molecule has 0 saturated heterocycles. The standard InChI is InChI=1S/C9H12O2.2C8H8/c1-5-8(6-2)11-9(10)7(3)4;2*1-2-8-6-4-3-5-7-8/h5-6,8H,1-3H2,4H3;2*2-7H,1H2. The first-order chi connectivity index (χ1) is 13.0. The maximum atomic E-state index is 10.9. The Hall–Kier alpha value is -3.39. The van der Waals surface area contributed by atoms with Gasteiger partial charge in [-0.2, -0.15) is 0 Å². The zero-order valence-electron chi connectivity index (χ0n) is 16.0. The molecule has 0 heterocycles. The van der Waals surface area contributed by atoms with Crippen molar-refractivity contribution in [3.8, 4) is 0 Å². The average molecular weight is 360 g/mol. The van der Waals surface area contributed by atoms with Crippen LogP contribution in [0, 0.1) is 0 Å². The minimum Gasteiger partial charge on any atom is -0.451 e. The predicted octanol–water partition coefficient (Wildman–Crippen LogP) is 6.51. The molecule has 27 heavy (non-hydrogen) atoms. The molecule has 0 aliphatic carbocycles. The number of rotatable bonds is 6. The normalized spacial score (nSPS) is 8.67. The van der Waals surface area contributed by atoms with Crippen molar-refractivity contribution >= 4 is 18.1 Å².